The van der Waals surface area contributed by atoms with Crippen LogP contribution in [0.5, 0.6) is 28.7 Å². The lowest BCUT2D eigenvalue weighted by Crippen LogP contribution is -2.15. The SMILES string of the molecule is CCOc1ccc(-[s+]2c3ccccc3c3ccccc32)cc1.COC(=O)c1ccc([S+]2c3ccccc3Cc3ccccc32)cc1.Cc1ccc([S+]2c3ccccc3Oc3ccccc32)cc1.Clc1ccc([S+]2c3ccccc3Sc3ccccc32)cc1.N#Cc1ccc([S+]2c3ccccc3Oc3ccccc32)cc1. The van der Waals surface area contributed by atoms with Gasteiger partial charge in [0.05, 0.1) is 51.6 Å². The highest BCUT2D eigenvalue weighted by Gasteiger charge is 2.42. The van der Waals surface area contributed by atoms with Crippen LogP contribution in [0.25, 0.3) is 25.1 Å². The molecule has 6 nitrogen and oxygen atoms in total. The van der Waals surface area contributed by atoms with Crippen LogP contribution in [0.15, 0.2) is 433 Å². The lowest BCUT2D eigenvalue weighted by Gasteiger charge is -2.19. The second-order valence-electron chi connectivity index (χ2n) is 25.7. The first-order chi connectivity index (χ1) is 54.2. The van der Waals surface area contributed by atoms with Crippen molar-refractivity contribution in [3.63, 3.8) is 0 Å². The molecule has 5 heterocycles. The molecule has 534 valence electrons. The molecule has 0 N–H and O–H groups in total. The van der Waals surface area contributed by atoms with E-state index in [1.165, 1.54) is 117 Å². The number of methoxy groups -OCH3 is 1. The van der Waals surface area contributed by atoms with Crippen LogP contribution in [0.4, 0.5) is 0 Å². The van der Waals surface area contributed by atoms with Crippen molar-refractivity contribution < 1.29 is 23.7 Å². The molecule has 0 amide bonds. The van der Waals surface area contributed by atoms with Gasteiger partial charge < -0.3 is 18.9 Å². The van der Waals surface area contributed by atoms with Crippen molar-refractivity contribution in [2.24, 2.45) is 0 Å². The van der Waals surface area contributed by atoms with E-state index in [0.29, 0.717) is 17.7 Å². The number of aryl methyl sites for hydroxylation is 1. The first-order valence-electron chi connectivity index (χ1n) is 36.1. The molecule has 0 spiro atoms. The van der Waals surface area contributed by atoms with Crippen LogP contribution in [0, 0.1) is 18.3 Å². The highest BCUT2D eigenvalue weighted by molar-refractivity contribution is 8.04. The zero-order chi connectivity index (χ0) is 74.9. The number of benzene rings is 15. The summed E-state index contributed by atoms with van der Waals surface area (Å²) in [5, 5.41) is 12.5. The predicted molar refractivity (Wildman–Crippen MR) is 455 cm³/mol. The van der Waals surface area contributed by atoms with Crippen molar-refractivity contribution in [1.82, 2.24) is 0 Å². The van der Waals surface area contributed by atoms with E-state index in [4.69, 9.17) is 35.8 Å². The Morgan fingerprint density at radius 2 is 0.745 bits per heavy atom. The molecule has 13 heteroatoms. The molecule has 110 heavy (non-hydrogen) atoms. The molecule has 4 aliphatic rings. The summed E-state index contributed by atoms with van der Waals surface area (Å²) in [6.07, 6.45) is 0.982. The van der Waals surface area contributed by atoms with E-state index < -0.39 is 0 Å². The molecule has 0 saturated heterocycles. The molecule has 0 saturated carbocycles. The summed E-state index contributed by atoms with van der Waals surface area (Å²) in [6.45, 7) is 4.84. The molecular weight excluding hydrogens is 1490 g/mol. The van der Waals surface area contributed by atoms with Gasteiger partial charge in [0.1, 0.15) is 38.4 Å². The van der Waals surface area contributed by atoms with E-state index in [0.717, 1.165) is 40.2 Å². The Kier molecular flexibility index (Phi) is 22.5. The van der Waals surface area contributed by atoms with E-state index in [1.54, 1.807) is 0 Å². The third-order valence-corrected chi connectivity index (χ3v) is 32.1. The zero-order valence-corrected chi connectivity index (χ0v) is 66.0. The first kappa shape index (κ1) is 73.1. The highest BCUT2D eigenvalue weighted by atomic mass is 35.5. The van der Waals surface area contributed by atoms with E-state index in [-0.39, 0.29) is 60.0 Å². The Hall–Kier alpha value is -11.1. The normalized spacial score (nSPS) is 12.7. The van der Waals surface area contributed by atoms with Gasteiger partial charge >= 0.3 is 5.97 Å². The molecule has 20 rings (SSSR count). The number of thiophene rings is 1. The van der Waals surface area contributed by atoms with Crippen LogP contribution in [0.3, 0.4) is 0 Å². The summed E-state index contributed by atoms with van der Waals surface area (Å²) >= 11 is 7.91. The number of esters is 1. The third kappa shape index (κ3) is 15.5. The Bertz CT molecular complexity index is 5650. The second-order valence-corrected chi connectivity index (χ2v) is 37.1. The van der Waals surface area contributed by atoms with Gasteiger partial charge in [-0.05, 0) is 220 Å². The van der Waals surface area contributed by atoms with Gasteiger partial charge in [0.2, 0.25) is 19.6 Å². The van der Waals surface area contributed by atoms with Gasteiger partial charge in [0, 0.05) is 55.9 Å². The zero-order valence-electron chi connectivity index (χ0n) is 60.4. The van der Waals surface area contributed by atoms with Crippen LogP contribution in [0.2, 0.25) is 5.02 Å². The first-order valence-corrected chi connectivity index (χ1v) is 43.4. The van der Waals surface area contributed by atoms with Crippen LogP contribution in [-0.2, 0) is 54.7 Å². The van der Waals surface area contributed by atoms with Crippen molar-refractivity contribution in [1.29, 1.82) is 5.26 Å². The average molecular weight is 1560 g/mol. The second kappa shape index (κ2) is 33.8. The fourth-order valence-corrected chi connectivity index (χ4v) is 26.7. The lowest BCUT2D eigenvalue weighted by molar-refractivity contribution is 0.0600. The number of carbonyl (C=O) groups is 1. The van der Waals surface area contributed by atoms with Crippen LogP contribution >= 0.6 is 33.8 Å². The molecular formula is C97H73ClNO5S6+5. The number of para-hydroxylation sites is 4. The number of fused-ring (bicyclic) bond motifs is 11. The summed E-state index contributed by atoms with van der Waals surface area (Å²) in [5.41, 5.74) is 5.33. The summed E-state index contributed by atoms with van der Waals surface area (Å²) in [4.78, 5) is 31.3. The molecule has 0 bridgehead atoms. The minimum absolute atomic E-state index is 0.00832. The monoisotopic (exact) mass is 1560 g/mol. The maximum atomic E-state index is 11.7. The van der Waals surface area contributed by atoms with Crippen molar-refractivity contribution in [3.8, 4) is 39.7 Å². The average Bonchev–Trinajstić information content (AvgIpc) is 1.28. The van der Waals surface area contributed by atoms with Crippen LogP contribution in [-0.4, -0.2) is 19.7 Å². The van der Waals surface area contributed by atoms with Crippen molar-refractivity contribution in [2.75, 3.05) is 13.7 Å². The Balaban J connectivity index is 0.000000105. The van der Waals surface area contributed by atoms with Gasteiger partial charge in [-0.25, -0.2) is 4.79 Å². The number of hydrogen-bond acceptors (Lipinski definition) is 7. The minimum Gasteiger partial charge on any atom is -0.494 e. The fraction of sp³-hybridized carbons (Fsp3) is 0.0515. The summed E-state index contributed by atoms with van der Waals surface area (Å²) in [6, 6.07) is 129. The molecule has 0 atom stereocenters. The smallest absolute Gasteiger partial charge is 0.337 e. The summed E-state index contributed by atoms with van der Waals surface area (Å²) in [7, 11) is 0.927. The van der Waals surface area contributed by atoms with Crippen LogP contribution in [0.1, 0.15) is 39.5 Å². The standard InChI is InChI=1S/C21H17O2S.C20H17OS.C19H12NOS.C19H15OS.C18H12ClS2/c1-23-21(22)15-10-12-18(13-11-15)24-19-8-4-2-6-16(19)14-17-7-3-5-9-20(17)24;1-2-21-15-11-13-16(14-12-15)22-19-9-5-3-7-17(19)18-8-4-6-10-20(18)22;20-13-14-9-11-15(12-10-14)22-18-7-3-1-5-16(18)21-17-6-2-4-8-19(17)22;1-14-10-12-15(13-11-14)21-18-8-4-2-6-16(18)20-17-7-3-5-9-19(17)21;19-13-9-11-14(12-10-13)21-17-7-3-1-5-15(17)20-16-6-2-4-8-18(16)21/h2-13H,14H2,1H3;3-14H,2H2,1H3;1-12H;2-13H,1H3;1-12H/q5*+1. The molecule has 0 radical (unpaired) electrons. The van der Waals surface area contributed by atoms with Crippen molar-refractivity contribution in [2.45, 2.75) is 88.8 Å². The summed E-state index contributed by atoms with van der Waals surface area (Å²) < 4.78 is 25.3. The largest absolute Gasteiger partial charge is 0.494 e. The number of nitriles is 1. The van der Waals surface area contributed by atoms with E-state index in [9.17, 15) is 4.79 Å². The molecule has 1 aromatic heterocycles. The topological polar surface area (TPSA) is 77.8 Å². The van der Waals surface area contributed by atoms with Crippen LogP contribution < -0.4 is 14.2 Å². The summed E-state index contributed by atoms with van der Waals surface area (Å²) in [5.74, 6) is 4.41. The van der Waals surface area contributed by atoms with Gasteiger partial charge in [0.15, 0.2) is 76.5 Å². The number of ether oxygens (including phenoxy) is 4. The predicted octanol–water partition coefficient (Wildman–Crippen LogP) is 26.5. The Morgan fingerprint density at radius 3 is 1.18 bits per heavy atom. The van der Waals surface area contributed by atoms with Crippen molar-refractivity contribution in [3.05, 3.63) is 397 Å². The number of carbonyl (C=O) groups excluding carboxylic acids is 1. The van der Waals surface area contributed by atoms with Gasteiger partial charge in [-0.15, -0.1) is 0 Å². The molecule has 16 aromatic rings. The number of hydrogen-bond donors (Lipinski definition) is 0. The van der Waals surface area contributed by atoms with Gasteiger partial charge in [-0.2, -0.15) is 5.26 Å². The van der Waals surface area contributed by atoms with Gasteiger partial charge in [-0.1, -0.05) is 175 Å². The van der Waals surface area contributed by atoms with E-state index in [2.05, 4.69) is 268 Å². The lowest BCUT2D eigenvalue weighted by atomic mass is 10.0. The highest BCUT2D eigenvalue weighted by Crippen LogP contribution is 2.52. The van der Waals surface area contributed by atoms with E-state index in [1.807, 2.05) is 128 Å². The molecule has 0 unspecified atom stereocenters. The fourth-order valence-electron chi connectivity index (χ4n) is 13.7. The van der Waals surface area contributed by atoms with E-state index >= 15 is 0 Å². The third-order valence-electron chi connectivity index (χ3n) is 18.8. The van der Waals surface area contributed by atoms with Crippen molar-refractivity contribution >= 4 is 104 Å². The molecule has 4 aliphatic heterocycles. The number of rotatable bonds is 8. The maximum absolute atomic E-state index is 11.7. The quantitative estimate of drug-likeness (QED) is 0.111. The molecule has 15 aromatic carbocycles. The van der Waals surface area contributed by atoms with Gasteiger partial charge in [0.25, 0.3) is 0 Å². The van der Waals surface area contributed by atoms with Gasteiger partial charge in [-0.3, -0.25) is 0 Å². The number of halogens is 1. The Labute approximate surface area is 665 Å². The molecule has 0 fully saturated rings. The minimum atomic E-state index is -0.297. The Morgan fingerprint density at radius 1 is 0.400 bits per heavy atom. The maximum Gasteiger partial charge on any atom is 0.337 e. The molecule has 0 aliphatic carbocycles. The number of nitrogens with zero attached hydrogens (tertiary/aromatic N) is 1.